The molecule has 0 amide bonds. The molecular formula is C15H10I2N2O2. The van der Waals surface area contributed by atoms with E-state index < -0.39 is 5.97 Å². The Hall–Kier alpha value is -1.29. The van der Waals surface area contributed by atoms with Crippen LogP contribution in [0.25, 0.3) is 10.9 Å². The number of esters is 1. The van der Waals surface area contributed by atoms with E-state index in [0.29, 0.717) is 17.0 Å². The number of rotatable bonds is 2. The highest BCUT2D eigenvalue weighted by Gasteiger charge is 2.15. The summed E-state index contributed by atoms with van der Waals surface area (Å²) in [5.74, 6) is 0.0533. The second-order valence-electron chi connectivity index (χ2n) is 4.46. The average molecular weight is 504 g/mol. The quantitative estimate of drug-likeness (QED) is 0.313. The molecule has 21 heavy (non-hydrogen) atoms. The van der Waals surface area contributed by atoms with Gasteiger partial charge < -0.3 is 15.5 Å². The van der Waals surface area contributed by atoms with Crippen LogP contribution in [0.3, 0.4) is 0 Å². The zero-order chi connectivity index (χ0) is 15.0. The number of nitrogens with two attached hydrogens (primary N) is 1. The molecule has 3 aromatic rings. The number of halogens is 2. The van der Waals surface area contributed by atoms with Crippen molar-refractivity contribution in [3.05, 3.63) is 55.3 Å². The van der Waals surface area contributed by atoms with Gasteiger partial charge in [0.05, 0.1) is 5.56 Å². The van der Waals surface area contributed by atoms with Crippen molar-refractivity contribution in [3.8, 4) is 5.75 Å². The van der Waals surface area contributed by atoms with Crippen molar-refractivity contribution >= 4 is 67.7 Å². The first kappa shape index (κ1) is 14.6. The Labute approximate surface area is 148 Å². The molecule has 1 aromatic heterocycles. The van der Waals surface area contributed by atoms with Crippen LogP contribution in [0.4, 0.5) is 5.69 Å². The molecule has 6 heteroatoms. The van der Waals surface area contributed by atoms with Gasteiger partial charge >= 0.3 is 5.97 Å². The van der Waals surface area contributed by atoms with Gasteiger partial charge in [-0.1, -0.05) is 0 Å². The number of nitrogen functional groups attached to an aromatic ring is 1. The summed E-state index contributed by atoms with van der Waals surface area (Å²) in [7, 11) is 0. The molecule has 0 bridgehead atoms. The molecule has 0 atom stereocenters. The molecule has 0 fully saturated rings. The SMILES string of the molecule is Nc1ccc(I)cc1C(=O)Oc1c[nH]c2ccc(I)cc12. The van der Waals surface area contributed by atoms with E-state index in [2.05, 4.69) is 50.2 Å². The summed E-state index contributed by atoms with van der Waals surface area (Å²) in [4.78, 5) is 15.4. The minimum absolute atomic E-state index is 0.377. The predicted octanol–water partition coefficient (Wildman–Crippen LogP) is 4.18. The van der Waals surface area contributed by atoms with Gasteiger partial charge in [0, 0.05) is 29.9 Å². The Balaban J connectivity index is 1.96. The molecule has 0 aliphatic heterocycles. The predicted molar refractivity (Wildman–Crippen MR) is 99.5 cm³/mol. The van der Waals surface area contributed by atoms with Gasteiger partial charge in [0.1, 0.15) is 0 Å². The van der Waals surface area contributed by atoms with E-state index in [1.807, 2.05) is 24.3 Å². The summed E-state index contributed by atoms with van der Waals surface area (Å²) < 4.78 is 7.50. The number of H-pyrrole nitrogens is 1. The molecule has 3 rings (SSSR count). The van der Waals surface area contributed by atoms with Gasteiger partial charge in [-0.25, -0.2) is 4.79 Å². The average Bonchev–Trinajstić information content (AvgIpc) is 2.84. The van der Waals surface area contributed by atoms with Crippen LogP contribution < -0.4 is 10.5 Å². The van der Waals surface area contributed by atoms with Gasteiger partial charge in [-0.3, -0.25) is 0 Å². The fourth-order valence-electron chi connectivity index (χ4n) is 2.01. The molecule has 4 nitrogen and oxygen atoms in total. The number of aromatic nitrogens is 1. The van der Waals surface area contributed by atoms with Crippen molar-refractivity contribution in [1.82, 2.24) is 4.98 Å². The molecule has 0 aliphatic rings. The minimum atomic E-state index is -0.453. The van der Waals surface area contributed by atoms with E-state index in [-0.39, 0.29) is 0 Å². The number of aromatic amines is 1. The molecule has 1 heterocycles. The van der Waals surface area contributed by atoms with E-state index in [0.717, 1.165) is 18.0 Å². The number of nitrogens with one attached hydrogen (secondary N) is 1. The molecule has 0 aliphatic carbocycles. The number of hydrogen-bond acceptors (Lipinski definition) is 3. The number of carbonyl (C=O) groups excluding carboxylic acids is 1. The summed E-state index contributed by atoms with van der Waals surface area (Å²) in [6, 6.07) is 11.2. The standard InChI is InChI=1S/C15H10I2N2O2/c16-8-1-3-12(18)10(5-8)15(20)21-14-7-19-13-4-2-9(17)6-11(13)14/h1-7,19H,18H2. The molecule has 0 unspecified atom stereocenters. The van der Waals surface area contributed by atoms with Crippen LogP contribution in [0.1, 0.15) is 10.4 Å². The second kappa shape index (κ2) is 5.84. The summed E-state index contributed by atoms with van der Waals surface area (Å²) in [6.45, 7) is 0. The van der Waals surface area contributed by atoms with Crippen LogP contribution >= 0.6 is 45.2 Å². The molecule has 0 spiro atoms. The number of carbonyl (C=O) groups is 1. The number of ether oxygens (including phenoxy) is 1. The topological polar surface area (TPSA) is 68.1 Å². The van der Waals surface area contributed by atoms with E-state index in [1.54, 1.807) is 18.3 Å². The zero-order valence-corrected chi connectivity index (χ0v) is 15.0. The maximum Gasteiger partial charge on any atom is 0.345 e. The van der Waals surface area contributed by atoms with Gasteiger partial charge in [-0.2, -0.15) is 0 Å². The highest BCUT2D eigenvalue weighted by atomic mass is 127. The number of anilines is 1. The smallest absolute Gasteiger partial charge is 0.345 e. The van der Waals surface area contributed by atoms with Gasteiger partial charge in [0.25, 0.3) is 0 Å². The fraction of sp³-hybridized carbons (Fsp3) is 0. The van der Waals surface area contributed by atoms with Crippen molar-refractivity contribution < 1.29 is 9.53 Å². The first-order chi connectivity index (χ1) is 10.0. The van der Waals surface area contributed by atoms with Gasteiger partial charge in [-0.15, -0.1) is 0 Å². The third kappa shape index (κ3) is 3.00. The Bertz CT molecular complexity index is 843. The third-order valence-electron chi connectivity index (χ3n) is 3.04. The number of benzene rings is 2. The zero-order valence-electron chi connectivity index (χ0n) is 10.7. The van der Waals surface area contributed by atoms with Crippen molar-refractivity contribution in [2.45, 2.75) is 0 Å². The molecule has 0 saturated heterocycles. The molecule has 2 aromatic carbocycles. The first-order valence-corrected chi connectivity index (χ1v) is 8.24. The monoisotopic (exact) mass is 504 g/mol. The van der Waals surface area contributed by atoms with Crippen LogP contribution in [0.5, 0.6) is 5.75 Å². The highest BCUT2D eigenvalue weighted by molar-refractivity contribution is 14.1. The second-order valence-corrected chi connectivity index (χ2v) is 6.96. The first-order valence-electron chi connectivity index (χ1n) is 6.08. The highest BCUT2D eigenvalue weighted by Crippen LogP contribution is 2.28. The molecule has 0 saturated carbocycles. The lowest BCUT2D eigenvalue weighted by Gasteiger charge is -2.06. The van der Waals surface area contributed by atoms with Crippen molar-refractivity contribution in [3.63, 3.8) is 0 Å². The van der Waals surface area contributed by atoms with Gasteiger partial charge in [-0.05, 0) is 81.6 Å². The van der Waals surface area contributed by atoms with Gasteiger partial charge in [0.15, 0.2) is 5.75 Å². The van der Waals surface area contributed by atoms with E-state index in [9.17, 15) is 4.79 Å². The van der Waals surface area contributed by atoms with Crippen LogP contribution in [-0.2, 0) is 0 Å². The Kier molecular flexibility index (Phi) is 4.07. The van der Waals surface area contributed by atoms with Crippen LogP contribution in [0.15, 0.2) is 42.6 Å². The lowest BCUT2D eigenvalue weighted by molar-refractivity contribution is 0.0738. The summed E-state index contributed by atoms with van der Waals surface area (Å²) in [6.07, 6.45) is 1.68. The lowest BCUT2D eigenvalue weighted by Crippen LogP contribution is -2.11. The Morgan fingerprint density at radius 3 is 2.62 bits per heavy atom. The Morgan fingerprint density at radius 2 is 1.81 bits per heavy atom. The van der Waals surface area contributed by atoms with Gasteiger partial charge in [0.2, 0.25) is 0 Å². The van der Waals surface area contributed by atoms with Crippen LogP contribution in [0.2, 0.25) is 0 Å². The largest absolute Gasteiger partial charge is 0.421 e. The summed E-state index contributed by atoms with van der Waals surface area (Å²) in [5, 5.41) is 0.874. The van der Waals surface area contributed by atoms with E-state index in [4.69, 9.17) is 10.5 Å². The molecular weight excluding hydrogens is 494 g/mol. The third-order valence-corrected chi connectivity index (χ3v) is 4.39. The molecule has 0 radical (unpaired) electrons. The van der Waals surface area contributed by atoms with Crippen LogP contribution in [-0.4, -0.2) is 11.0 Å². The van der Waals surface area contributed by atoms with E-state index in [1.165, 1.54) is 0 Å². The maximum atomic E-state index is 12.3. The van der Waals surface area contributed by atoms with Crippen molar-refractivity contribution in [2.75, 3.05) is 5.73 Å². The molecule has 3 N–H and O–H groups in total. The van der Waals surface area contributed by atoms with Crippen molar-refractivity contribution in [2.24, 2.45) is 0 Å². The fourth-order valence-corrected chi connectivity index (χ4v) is 2.99. The van der Waals surface area contributed by atoms with Crippen molar-refractivity contribution in [1.29, 1.82) is 0 Å². The summed E-state index contributed by atoms with van der Waals surface area (Å²) >= 11 is 4.35. The number of hydrogen-bond donors (Lipinski definition) is 2. The van der Waals surface area contributed by atoms with Crippen LogP contribution in [0, 0.1) is 7.14 Å². The molecule has 106 valence electrons. The minimum Gasteiger partial charge on any atom is -0.421 e. The van der Waals surface area contributed by atoms with E-state index >= 15 is 0 Å². The number of fused-ring (bicyclic) bond motifs is 1. The lowest BCUT2D eigenvalue weighted by atomic mass is 10.2. The summed E-state index contributed by atoms with van der Waals surface area (Å²) in [5.41, 5.74) is 7.56. The maximum absolute atomic E-state index is 12.3. The normalized spacial score (nSPS) is 10.8. The Morgan fingerprint density at radius 1 is 1.10 bits per heavy atom.